The highest BCUT2D eigenvalue weighted by atomic mass is 16.1. The third-order valence-corrected chi connectivity index (χ3v) is 2.27. The third-order valence-electron chi connectivity index (χ3n) is 2.27. The molecule has 0 bridgehead atoms. The molecule has 0 radical (unpaired) electrons. The van der Waals surface area contributed by atoms with Crippen molar-refractivity contribution < 1.29 is 9.59 Å². The molecule has 4 heteroatoms. The van der Waals surface area contributed by atoms with E-state index in [1.807, 2.05) is 18.2 Å². The van der Waals surface area contributed by atoms with Crippen molar-refractivity contribution in [2.24, 2.45) is 4.99 Å². The van der Waals surface area contributed by atoms with Gasteiger partial charge in [0.2, 0.25) is 0 Å². The van der Waals surface area contributed by atoms with E-state index in [1.165, 1.54) is 0 Å². The lowest BCUT2D eigenvalue weighted by molar-refractivity contribution is -0.102. The van der Waals surface area contributed by atoms with E-state index in [0.717, 1.165) is 5.69 Å². The van der Waals surface area contributed by atoms with Gasteiger partial charge in [0.25, 0.3) is 0 Å². The van der Waals surface area contributed by atoms with E-state index in [-0.39, 0.29) is 11.4 Å². The number of allylic oxidation sites excluding steroid dienone is 1. The van der Waals surface area contributed by atoms with Gasteiger partial charge < -0.3 is 4.90 Å². The van der Waals surface area contributed by atoms with Crippen LogP contribution in [-0.2, 0) is 9.59 Å². The summed E-state index contributed by atoms with van der Waals surface area (Å²) in [7, 11) is 1.71. The highest BCUT2D eigenvalue weighted by Gasteiger charge is 2.21. The van der Waals surface area contributed by atoms with Crippen molar-refractivity contribution in [3.05, 3.63) is 30.0 Å². The van der Waals surface area contributed by atoms with E-state index in [2.05, 4.69) is 4.99 Å². The average molecular weight is 200 g/mol. The summed E-state index contributed by atoms with van der Waals surface area (Å²) in [4.78, 5) is 27.1. The molecule has 0 atom stereocenters. The summed E-state index contributed by atoms with van der Waals surface area (Å²) in [5.41, 5.74) is 1.76. The fourth-order valence-electron chi connectivity index (χ4n) is 1.52. The van der Waals surface area contributed by atoms with E-state index < -0.39 is 0 Å². The predicted molar refractivity (Wildman–Crippen MR) is 57.2 cm³/mol. The number of para-hydroxylation sites is 2. The molecule has 1 aromatic rings. The zero-order valence-electron chi connectivity index (χ0n) is 8.10. The molecule has 0 aliphatic carbocycles. The Balaban J connectivity index is 2.69. The van der Waals surface area contributed by atoms with E-state index in [0.29, 0.717) is 12.0 Å². The molecular weight excluding hydrogens is 192 g/mol. The van der Waals surface area contributed by atoms with E-state index in [9.17, 15) is 9.59 Å². The van der Waals surface area contributed by atoms with Crippen LogP contribution in [0.5, 0.6) is 0 Å². The first-order valence-electron chi connectivity index (χ1n) is 4.40. The van der Waals surface area contributed by atoms with Gasteiger partial charge in [-0.05, 0) is 12.1 Å². The molecular formula is C11H8N2O2. The van der Waals surface area contributed by atoms with Crippen LogP contribution in [0.2, 0.25) is 0 Å². The number of carbonyl (C=O) groups is 1. The summed E-state index contributed by atoms with van der Waals surface area (Å²) >= 11 is 0. The Kier molecular flexibility index (Phi) is 2.20. The van der Waals surface area contributed by atoms with Crippen molar-refractivity contribution in [3.8, 4) is 0 Å². The van der Waals surface area contributed by atoms with Gasteiger partial charge in [0.05, 0.1) is 11.4 Å². The van der Waals surface area contributed by atoms with Gasteiger partial charge in [-0.25, -0.2) is 9.79 Å². The number of nitrogens with zero attached hydrogens (tertiary/aromatic N) is 2. The number of fused-ring (bicyclic) bond motifs is 1. The maximum Gasteiger partial charge on any atom is 0.171 e. The minimum atomic E-state index is 0.117. The summed E-state index contributed by atoms with van der Waals surface area (Å²) in [6.45, 7) is 0. The van der Waals surface area contributed by atoms with E-state index in [4.69, 9.17) is 0 Å². The molecule has 0 spiro atoms. The van der Waals surface area contributed by atoms with Gasteiger partial charge in [0, 0.05) is 7.05 Å². The number of rotatable bonds is 1. The van der Waals surface area contributed by atoms with Crippen LogP contribution in [0.3, 0.4) is 0 Å². The van der Waals surface area contributed by atoms with Crippen LogP contribution in [0.25, 0.3) is 0 Å². The first kappa shape index (κ1) is 9.37. The molecule has 1 aliphatic rings. The highest BCUT2D eigenvalue weighted by molar-refractivity contribution is 6.40. The number of aldehydes is 1. The summed E-state index contributed by atoms with van der Waals surface area (Å²) in [6.07, 6.45) is 0.562. The molecule has 0 saturated heterocycles. The summed E-state index contributed by atoms with van der Waals surface area (Å²) < 4.78 is 0. The van der Waals surface area contributed by atoms with Gasteiger partial charge in [-0.2, -0.15) is 0 Å². The second-order valence-electron chi connectivity index (χ2n) is 3.11. The van der Waals surface area contributed by atoms with Crippen molar-refractivity contribution >= 4 is 29.3 Å². The molecule has 0 fully saturated rings. The number of hydrogen-bond acceptors (Lipinski definition) is 4. The molecule has 0 aromatic heterocycles. The van der Waals surface area contributed by atoms with Gasteiger partial charge in [0.15, 0.2) is 17.9 Å². The Morgan fingerprint density at radius 1 is 1.40 bits per heavy atom. The zero-order chi connectivity index (χ0) is 10.8. The SMILES string of the molecule is CN1C(=C=O)C(C=O)=Nc2ccccc21. The number of carbonyl (C=O) groups excluding carboxylic acids is 2. The van der Waals surface area contributed by atoms with Gasteiger partial charge in [-0.15, -0.1) is 0 Å². The summed E-state index contributed by atoms with van der Waals surface area (Å²) in [5.74, 6) is 1.73. The number of anilines is 1. The van der Waals surface area contributed by atoms with E-state index >= 15 is 0 Å². The fourth-order valence-corrected chi connectivity index (χ4v) is 1.52. The van der Waals surface area contributed by atoms with Crippen molar-refractivity contribution in [2.45, 2.75) is 0 Å². The lowest BCUT2D eigenvalue weighted by atomic mass is 10.1. The zero-order valence-corrected chi connectivity index (χ0v) is 8.10. The number of aliphatic imine (C=N–C) groups is 1. The molecule has 74 valence electrons. The minimum absolute atomic E-state index is 0.117. The van der Waals surface area contributed by atoms with Gasteiger partial charge in [-0.3, -0.25) is 4.79 Å². The van der Waals surface area contributed by atoms with Crippen molar-refractivity contribution in [3.63, 3.8) is 0 Å². The largest absolute Gasteiger partial charge is 0.332 e. The lowest BCUT2D eigenvalue weighted by Gasteiger charge is -2.24. The van der Waals surface area contributed by atoms with Crippen LogP contribution in [0.1, 0.15) is 0 Å². The fraction of sp³-hybridized carbons (Fsp3) is 0.0909. The number of hydrogen-bond donors (Lipinski definition) is 0. The Labute approximate surface area is 86.5 Å². The van der Waals surface area contributed by atoms with Gasteiger partial charge in [0.1, 0.15) is 5.71 Å². The molecule has 0 saturated carbocycles. The Morgan fingerprint density at radius 2 is 2.13 bits per heavy atom. The second kappa shape index (κ2) is 3.52. The Hall–Kier alpha value is -2.19. The lowest BCUT2D eigenvalue weighted by Crippen LogP contribution is -2.27. The van der Waals surface area contributed by atoms with Crippen LogP contribution < -0.4 is 4.90 Å². The highest BCUT2D eigenvalue weighted by Crippen LogP contribution is 2.33. The first-order valence-corrected chi connectivity index (χ1v) is 4.40. The van der Waals surface area contributed by atoms with Gasteiger partial charge >= 0.3 is 0 Å². The van der Waals surface area contributed by atoms with Crippen molar-refractivity contribution in [1.29, 1.82) is 0 Å². The monoisotopic (exact) mass is 200 g/mol. The smallest absolute Gasteiger partial charge is 0.171 e. The molecule has 0 amide bonds. The molecule has 15 heavy (non-hydrogen) atoms. The third kappa shape index (κ3) is 1.37. The minimum Gasteiger partial charge on any atom is -0.332 e. The second-order valence-corrected chi connectivity index (χ2v) is 3.11. The molecule has 0 unspecified atom stereocenters. The maximum atomic E-state index is 10.7. The summed E-state index contributed by atoms with van der Waals surface area (Å²) in [5, 5.41) is 0. The van der Waals surface area contributed by atoms with Crippen LogP contribution in [-0.4, -0.2) is 25.0 Å². The van der Waals surface area contributed by atoms with Crippen molar-refractivity contribution in [2.75, 3.05) is 11.9 Å². The number of benzene rings is 1. The Bertz CT molecular complexity index is 499. The van der Waals surface area contributed by atoms with Crippen LogP contribution in [0.4, 0.5) is 11.4 Å². The van der Waals surface area contributed by atoms with Crippen molar-refractivity contribution in [1.82, 2.24) is 0 Å². The topological polar surface area (TPSA) is 49.7 Å². The molecule has 1 heterocycles. The quantitative estimate of drug-likeness (QED) is 0.504. The molecule has 0 N–H and O–H groups in total. The molecule has 4 nitrogen and oxygen atoms in total. The molecule has 2 rings (SSSR count). The Morgan fingerprint density at radius 3 is 2.80 bits per heavy atom. The summed E-state index contributed by atoms with van der Waals surface area (Å²) in [6, 6.07) is 7.29. The predicted octanol–water partition coefficient (Wildman–Crippen LogP) is 1.12. The van der Waals surface area contributed by atoms with E-state index in [1.54, 1.807) is 24.0 Å². The molecule has 1 aliphatic heterocycles. The first-order chi connectivity index (χ1) is 7.27. The molecule has 1 aromatic carbocycles. The van der Waals surface area contributed by atoms with Gasteiger partial charge in [-0.1, -0.05) is 12.1 Å². The average Bonchev–Trinajstić information content (AvgIpc) is 2.29. The maximum absolute atomic E-state index is 10.7. The standard InChI is InChI=1S/C11H8N2O2/c1-13-10-5-3-2-4-8(10)12-9(6-14)11(13)7-15/h2-6H,1H3. The van der Waals surface area contributed by atoms with Crippen LogP contribution >= 0.6 is 0 Å². The van der Waals surface area contributed by atoms with Crippen LogP contribution in [0.15, 0.2) is 35.0 Å². The van der Waals surface area contributed by atoms with Crippen LogP contribution in [0, 0.1) is 0 Å². The normalized spacial score (nSPS) is 14.1.